The van der Waals surface area contributed by atoms with Gasteiger partial charge in [-0.2, -0.15) is 0 Å². The summed E-state index contributed by atoms with van der Waals surface area (Å²) in [6.07, 6.45) is 16.7. The predicted molar refractivity (Wildman–Crippen MR) is 154 cm³/mol. The van der Waals surface area contributed by atoms with Gasteiger partial charge in [-0.3, -0.25) is 4.98 Å². The summed E-state index contributed by atoms with van der Waals surface area (Å²) in [5.41, 5.74) is 9.68. The quantitative estimate of drug-likeness (QED) is 0.393. The van der Waals surface area contributed by atoms with Crippen LogP contribution in [0.4, 0.5) is 0 Å². The molecule has 35 heavy (non-hydrogen) atoms. The molecule has 0 aliphatic heterocycles. The molecule has 3 rings (SSSR count). The van der Waals surface area contributed by atoms with Crippen LogP contribution in [0.5, 0.6) is 0 Å². The lowest BCUT2D eigenvalue weighted by molar-refractivity contribution is 0.248. The zero-order valence-corrected chi connectivity index (χ0v) is 23.8. The summed E-state index contributed by atoms with van der Waals surface area (Å²) in [7, 11) is 0. The predicted octanol–water partition coefficient (Wildman–Crippen LogP) is 9.84. The van der Waals surface area contributed by atoms with E-state index in [1.54, 1.807) is 0 Å². The van der Waals surface area contributed by atoms with Gasteiger partial charge in [-0.25, -0.2) is 0 Å². The van der Waals surface area contributed by atoms with E-state index >= 15 is 0 Å². The van der Waals surface area contributed by atoms with Crippen LogP contribution in [-0.4, -0.2) is 4.98 Å². The lowest BCUT2D eigenvalue weighted by Crippen LogP contribution is -2.45. The molecule has 0 spiro atoms. The van der Waals surface area contributed by atoms with Gasteiger partial charge in [0, 0.05) is 23.2 Å². The van der Waals surface area contributed by atoms with Crippen molar-refractivity contribution in [1.82, 2.24) is 4.98 Å². The Morgan fingerprint density at radius 1 is 0.971 bits per heavy atom. The van der Waals surface area contributed by atoms with Crippen LogP contribution in [0.3, 0.4) is 0 Å². The van der Waals surface area contributed by atoms with E-state index < -0.39 is 0 Å². The fraction of sp³-hybridized carbons (Fsp3) is 0.441. The maximum Gasteiger partial charge on any atom is 0.0308 e. The Hall–Kier alpha value is -2.67. The standard InChI is InChI=1S/C34H45N/c1-13-32(9,10)29-21-28-15-14-27(20-24(4)31(6,7)8)33(11,23(2)3)34(28,12)30(22-29)25(5)26-16-18-35-19-17-26/h14-22H,2,4,13H2,1,3,5-12H3/b27-20-,30-25+. The average Bonchev–Trinajstić information content (AvgIpc) is 2.80. The molecule has 0 fully saturated rings. The highest BCUT2D eigenvalue weighted by Gasteiger charge is 2.54. The minimum atomic E-state index is -0.302. The second-order valence-electron chi connectivity index (χ2n) is 12.4. The number of pyridine rings is 1. The summed E-state index contributed by atoms with van der Waals surface area (Å²) in [5.74, 6) is 0. The first-order valence-corrected chi connectivity index (χ1v) is 12.9. The molecule has 0 N–H and O–H groups in total. The number of rotatable bonds is 5. The highest BCUT2D eigenvalue weighted by atomic mass is 14.6. The molecule has 2 aliphatic rings. The molecule has 0 bridgehead atoms. The van der Waals surface area contributed by atoms with E-state index in [-0.39, 0.29) is 21.7 Å². The zero-order chi connectivity index (χ0) is 26.4. The third-order valence-electron chi connectivity index (χ3n) is 9.08. The minimum Gasteiger partial charge on any atom is -0.265 e. The molecular formula is C34H45N. The van der Waals surface area contributed by atoms with Crippen LogP contribution in [0.2, 0.25) is 0 Å². The SMILES string of the molecule is C=C(/C=C1/C=CC2=CC(C(C)(C)CC)=C/C(=C(/C)c3ccncc3)C2(C)C1(C)C(=C)C)C(C)(C)C. The average molecular weight is 468 g/mol. The van der Waals surface area contributed by atoms with Crippen LogP contribution in [0.1, 0.15) is 81.2 Å². The largest absolute Gasteiger partial charge is 0.265 e. The first kappa shape index (κ1) is 26.9. The maximum atomic E-state index is 4.57. The smallest absolute Gasteiger partial charge is 0.0308 e. The molecule has 1 heterocycles. The van der Waals surface area contributed by atoms with E-state index in [2.05, 4.69) is 130 Å². The lowest BCUT2D eigenvalue weighted by atomic mass is 9.48. The van der Waals surface area contributed by atoms with E-state index in [0.29, 0.717) is 0 Å². The maximum absolute atomic E-state index is 4.57. The number of allylic oxidation sites excluding steroid dienone is 12. The van der Waals surface area contributed by atoms with Crippen molar-refractivity contribution in [2.75, 3.05) is 0 Å². The fourth-order valence-electron chi connectivity index (χ4n) is 5.32. The number of hydrogen-bond acceptors (Lipinski definition) is 1. The molecule has 1 aromatic heterocycles. The summed E-state index contributed by atoms with van der Waals surface area (Å²) >= 11 is 0. The van der Waals surface area contributed by atoms with Gasteiger partial charge in [0.2, 0.25) is 0 Å². The Labute approximate surface area is 214 Å². The highest BCUT2D eigenvalue weighted by Crippen LogP contribution is 2.64. The van der Waals surface area contributed by atoms with Gasteiger partial charge in [-0.05, 0) is 82.2 Å². The van der Waals surface area contributed by atoms with Crippen molar-refractivity contribution in [3.05, 3.63) is 107 Å². The van der Waals surface area contributed by atoms with Gasteiger partial charge in [0.25, 0.3) is 0 Å². The fourth-order valence-corrected chi connectivity index (χ4v) is 5.32. The Balaban J connectivity index is 2.43. The molecule has 0 aromatic carbocycles. The first-order valence-electron chi connectivity index (χ1n) is 12.9. The summed E-state index contributed by atoms with van der Waals surface area (Å²) in [5, 5.41) is 0. The number of fused-ring (bicyclic) bond motifs is 1. The van der Waals surface area contributed by atoms with Gasteiger partial charge in [0.1, 0.15) is 0 Å². The number of hydrogen-bond donors (Lipinski definition) is 0. The van der Waals surface area contributed by atoms with Gasteiger partial charge in [0.05, 0.1) is 0 Å². The molecule has 186 valence electrons. The van der Waals surface area contributed by atoms with Crippen LogP contribution in [0.15, 0.2) is 102 Å². The molecular weight excluding hydrogens is 422 g/mol. The molecule has 1 aromatic rings. The first-order chi connectivity index (χ1) is 16.1. The van der Waals surface area contributed by atoms with Gasteiger partial charge in [0.15, 0.2) is 0 Å². The van der Waals surface area contributed by atoms with Gasteiger partial charge in [-0.15, -0.1) is 0 Å². The number of aromatic nitrogens is 1. The molecule has 0 saturated heterocycles. The minimum absolute atomic E-state index is 0.00422. The van der Waals surface area contributed by atoms with E-state index in [0.717, 1.165) is 17.6 Å². The highest BCUT2D eigenvalue weighted by molar-refractivity contribution is 5.76. The van der Waals surface area contributed by atoms with Crippen molar-refractivity contribution in [3.8, 4) is 0 Å². The van der Waals surface area contributed by atoms with Crippen LogP contribution >= 0.6 is 0 Å². The van der Waals surface area contributed by atoms with Crippen molar-refractivity contribution in [3.63, 3.8) is 0 Å². The molecule has 1 heteroatoms. The summed E-state index contributed by atoms with van der Waals surface area (Å²) in [6.45, 7) is 31.9. The Bertz CT molecular complexity index is 1190. The van der Waals surface area contributed by atoms with E-state index in [1.807, 2.05) is 12.4 Å². The van der Waals surface area contributed by atoms with Gasteiger partial charge in [-0.1, -0.05) is 105 Å². The van der Waals surface area contributed by atoms with Crippen LogP contribution in [0.25, 0.3) is 5.57 Å². The van der Waals surface area contributed by atoms with Gasteiger partial charge < -0.3 is 0 Å². The Morgan fingerprint density at radius 2 is 1.57 bits per heavy atom. The van der Waals surface area contributed by atoms with Crippen LogP contribution in [0, 0.1) is 21.7 Å². The Kier molecular flexibility index (Phi) is 6.99. The summed E-state index contributed by atoms with van der Waals surface area (Å²) < 4.78 is 0. The summed E-state index contributed by atoms with van der Waals surface area (Å²) in [6, 6.07) is 4.24. The molecule has 2 unspecified atom stereocenters. The molecule has 0 amide bonds. The van der Waals surface area contributed by atoms with E-state index in [1.165, 1.54) is 33.4 Å². The van der Waals surface area contributed by atoms with E-state index in [9.17, 15) is 0 Å². The third-order valence-corrected chi connectivity index (χ3v) is 9.08. The lowest BCUT2D eigenvalue weighted by Gasteiger charge is -2.55. The zero-order valence-electron chi connectivity index (χ0n) is 23.8. The molecule has 0 saturated carbocycles. The van der Waals surface area contributed by atoms with Crippen LogP contribution in [-0.2, 0) is 0 Å². The van der Waals surface area contributed by atoms with Crippen molar-refractivity contribution in [2.24, 2.45) is 21.7 Å². The number of nitrogens with zero attached hydrogens (tertiary/aromatic N) is 1. The van der Waals surface area contributed by atoms with Crippen molar-refractivity contribution >= 4 is 5.57 Å². The summed E-state index contributed by atoms with van der Waals surface area (Å²) in [4.78, 5) is 4.27. The monoisotopic (exact) mass is 467 g/mol. The van der Waals surface area contributed by atoms with Crippen molar-refractivity contribution in [2.45, 2.75) is 75.7 Å². The molecule has 2 aliphatic carbocycles. The molecule has 1 nitrogen and oxygen atoms in total. The second-order valence-corrected chi connectivity index (χ2v) is 12.4. The molecule has 2 atom stereocenters. The van der Waals surface area contributed by atoms with E-state index in [4.69, 9.17) is 0 Å². The second kappa shape index (κ2) is 9.08. The Morgan fingerprint density at radius 3 is 2.09 bits per heavy atom. The van der Waals surface area contributed by atoms with Crippen molar-refractivity contribution in [1.29, 1.82) is 0 Å². The molecule has 0 radical (unpaired) electrons. The van der Waals surface area contributed by atoms with Crippen molar-refractivity contribution < 1.29 is 0 Å². The third kappa shape index (κ3) is 4.39. The van der Waals surface area contributed by atoms with Gasteiger partial charge >= 0.3 is 0 Å². The topological polar surface area (TPSA) is 12.9 Å². The normalized spacial score (nSPS) is 27.2. The van der Waals surface area contributed by atoms with Crippen LogP contribution < -0.4 is 0 Å².